The molecule has 0 fully saturated rings. The van der Waals surface area contributed by atoms with Gasteiger partial charge in [-0.05, 0) is 24.6 Å². The lowest BCUT2D eigenvalue weighted by Crippen LogP contribution is -2.03. The molecule has 2 rings (SSSR count). The fraction of sp³-hybridized carbons (Fsp3) is 0.182. The number of esters is 1. The van der Waals surface area contributed by atoms with Crippen molar-refractivity contribution in [2.75, 3.05) is 7.11 Å². The Balaban J connectivity index is 2.76. The van der Waals surface area contributed by atoms with Crippen molar-refractivity contribution in [2.24, 2.45) is 0 Å². The first-order valence-corrected chi connectivity index (χ1v) is 4.51. The number of hydrogen-bond acceptors (Lipinski definition) is 4. The number of hydrogen-bond donors (Lipinski definition) is 0. The lowest BCUT2D eigenvalue weighted by molar-refractivity contribution is 0.0602. The molecule has 1 heterocycles. The Morgan fingerprint density at radius 3 is 2.93 bits per heavy atom. The molecule has 0 N–H and O–H groups in total. The van der Waals surface area contributed by atoms with Gasteiger partial charge in [0.15, 0.2) is 0 Å². The molecule has 0 saturated carbocycles. The first-order chi connectivity index (χ1) is 7.22. The molecule has 0 bridgehead atoms. The van der Waals surface area contributed by atoms with E-state index < -0.39 is 0 Å². The Labute approximate surface area is 86.9 Å². The van der Waals surface area contributed by atoms with E-state index in [4.69, 9.17) is 4.74 Å². The summed E-state index contributed by atoms with van der Waals surface area (Å²) in [5, 5.41) is 0.845. The van der Waals surface area contributed by atoms with Crippen LogP contribution in [0, 0.1) is 6.92 Å². The number of carbonyl (C=O) groups is 1. The van der Waals surface area contributed by atoms with Crippen molar-refractivity contribution in [1.82, 2.24) is 9.97 Å². The third kappa shape index (κ3) is 1.66. The quantitative estimate of drug-likeness (QED) is 0.661. The van der Waals surface area contributed by atoms with E-state index in [0.29, 0.717) is 11.1 Å². The predicted octanol–water partition coefficient (Wildman–Crippen LogP) is 1.72. The number of aryl methyl sites for hydroxylation is 1. The van der Waals surface area contributed by atoms with Crippen LogP contribution in [-0.2, 0) is 4.74 Å². The molecule has 0 unspecified atom stereocenters. The standard InChI is InChI=1S/C11H10N2O2/c1-7-3-8-5-12-6-13-10(8)9(4-7)11(14)15-2/h3-6H,1-2H3. The van der Waals surface area contributed by atoms with Gasteiger partial charge in [-0.3, -0.25) is 0 Å². The van der Waals surface area contributed by atoms with Gasteiger partial charge >= 0.3 is 5.97 Å². The number of carbonyl (C=O) groups excluding carboxylic acids is 1. The van der Waals surface area contributed by atoms with Gasteiger partial charge in [-0.2, -0.15) is 0 Å². The second-order valence-electron chi connectivity index (χ2n) is 3.26. The minimum atomic E-state index is -0.373. The number of aromatic nitrogens is 2. The Morgan fingerprint density at radius 2 is 2.20 bits per heavy atom. The number of ether oxygens (including phenoxy) is 1. The van der Waals surface area contributed by atoms with Crippen LogP contribution in [0.15, 0.2) is 24.7 Å². The van der Waals surface area contributed by atoms with Gasteiger partial charge in [0.25, 0.3) is 0 Å². The van der Waals surface area contributed by atoms with Crippen LogP contribution < -0.4 is 0 Å². The molecule has 0 aliphatic carbocycles. The lowest BCUT2D eigenvalue weighted by atomic mass is 10.1. The molecule has 76 valence electrons. The highest BCUT2D eigenvalue weighted by Crippen LogP contribution is 2.18. The Morgan fingerprint density at radius 1 is 1.40 bits per heavy atom. The maximum atomic E-state index is 11.5. The van der Waals surface area contributed by atoms with Gasteiger partial charge in [0, 0.05) is 11.6 Å². The van der Waals surface area contributed by atoms with Gasteiger partial charge in [0.2, 0.25) is 0 Å². The summed E-state index contributed by atoms with van der Waals surface area (Å²) in [6, 6.07) is 3.70. The van der Waals surface area contributed by atoms with E-state index in [1.165, 1.54) is 13.4 Å². The van der Waals surface area contributed by atoms with Crippen LogP contribution in [0.1, 0.15) is 15.9 Å². The third-order valence-corrected chi connectivity index (χ3v) is 2.16. The normalized spacial score (nSPS) is 10.3. The second kappa shape index (κ2) is 3.65. The van der Waals surface area contributed by atoms with E-state index >= 15 is 0 Å². The highest BCUT2D eigenvalue weighted by molar-refractivity contribution is 6.02. The highest BCUT2D eigenvalue weighted by atomic mass is 16.5. The molecule has 2 aromatic rings. The van der Waals surface area contributed by atoms with Gasteiger partial charge in [-0.1, -0.05) is 0 Å². The van der Waals surface area contributed by atoms with Gasteiger partial charge < -0.3 is 4.74 Å². The number of nitrogens with zero attached hydrogens (tertiary/aromatic N) is 2. The molecular weight excluding hydrogens is 192 g/mol. The lowest BCUT2D eigenvalue weighted by Gasteiger charge is -2.04. The second-order valence-corrected chi connectivity index (χ2v) is 3.26. The highest BCUT2D eigenvalue weighted by Gasteiger charge is 2.11. The van der Waals surface area contributed by atoms with E-state index in [0.717, 1.165) is 10.9 Å². The number of methoxy groups -OCH3 is 1. The molecule has 0 amide bonds. The number of rotatable bonds is 1. The van der Waals surface area contributed by atoms with Crippen molar-refractivity contribution in [2.45, 2.75) is 6.92 Å². The molecule has 0 saturated heterocycles. The number of fused-ring (bicyclic) bond motifs is 1. The average Bonchev–Trinajstić information content (AvgIpc) is 2.26. The molecule has 0 spiro atoms. The largest absolute Gasteiger partial charge is 0.465 e. The molecule has 0 atom stereocenters. The Hall–Kier alpha value is -1.97. The zero-order valence-electron chi connectivity index (χ0n) is 8.52. The molecule has 4 nitrogen and oxygen atoms in total. The average molecular weight is 202 g/mol. The molecule has 1 aromatic heterocycles. The van der Waals surface area contributed by atoms with Crippen LogP contribution in [-0.4, -0.2) is 23.0 Å². The summed E-state index contributed by atoms with van der Waals surface area (Å²) in [7, 11) is 1.36. The monoisotopic (exact) mass is 202 g/mol. The molecule has 0 radical (unpaired) electrons. The predicted molar refractivity (Wildman–Crippen MR) is 55.6 cm³/mol. The fourth-order valence-corrected chi connectivity index (χ4v) is 1.52. The Bertz CT molecular complexity index is 523. The van der Waals surface area contributed by atoms with E-state index in [-0.39, 0.29) is 5.97 Å². The van der Waals surface area contributed by atoms with Crippen molar-refractivity contribution in [3.63, 3.8) is 0 Å². The zero-order chi connectivity index (χ0) is 10.8. The summed E-state index contributed by atoms with van der Waals surface area (Å²) in [4.78, 5) is 19.5. The van der Waals surface area contributed by atoms with E-state index in [2.05, 4.69) is 9.97 Å². The fourth-order valence-electron chi connectivity index (χ4n) is 1.52. The minimum Gasteiger partial charge on any atom is -0.465 e. The van der Waals surface area contributed by atoms with Crippen molar-refractivity contribution in [3.05, 3.63) is 35.8 Å². The molecule has 0 aliphatic rings. The zero-order valence-corrected chi connectivity index (χ0v) is 8.52. The van der Waals surface area contributed by atoms with Crippen LogP contribution in [0.5, 0.6) is 0 Å². The van der Waals surface area contributed by atoms with Gasteiger partial charge in [0.05, 0.1) is 18.2 Å². The first-order valence-electron chi connectivity index (χ1n) is 4.51. The molecule has 0 aliphatic heterocycles. The maximum Gasteiger partial charge on any atom is 0.340 e. The van der Waals surface area contributed by atoms with Crippen LogP contribution in [0.2, 0.25) is 0 Å². The third-order valence-electron chi connectivity index (χ3n) is 2.16. The van der Waals surface area contributed by atoms with Gasteiger partial charge in [-0.15, -0.1) is 0 Å². The van der Waals surface area contributed by atoms with Crippen LogP contribution >= 0.6 is 0 Å². The molecule has 15 heavy (non-hydrogen) atoms. The maximum absolute atomic E-state index is 11.5. The van der Waals surface area contributed by atoms with Gasteiger partial charge in [0.1, 0.15) is 6.33 Å². The summed E-state index contributed by atoms with van der Waals surface area (Å²) >= 11 is 0. The Kier molecular flexibility index (Phi) is 2.33. The topological polar surface area (TPSA) is 52.1 Å². The summed E-state index contributed by atoms with van der Waals surface area (Å²) in [5.41, 5.74) is 2.09. The smallest absolute Gasteiger partial charge is 0.340 e. The van der Waals surface area contributed by atoms with Crippen molar-refractivity contribution in [3.8, 4) is 0 Å². The summed E-state index contributed by atoms with van der Waals surface area (Å²) in [5.74, 6) is -0.373. The SMILES string of the molecule is COC(=O)c1cc(C)cc2cncnc12. The first kappa shape index (κ1) is 9.58. The van der Waals surface area contributed by atoms with Crippen LogP contribution in [0.25, 0.3) is 10.9 Å². The molecular formula is C11H10N2O2. The van der Waals surface area contributed by atoms with E-state index in [9.17, 15) is 4.79 Å². The van der Waals surface area contributed by atoms with Gasteiger partial charge in [-0.25, -0.2) is 14.8 Å². The van der Waals surface area contributed by atoms with Crippen LogP contribution in [0.4, 0.5) is 0 Å². The van der Waals surface area contributed by atoms with Crippen molar-refractivity contribution < 1.29 is 9.53 Å². The summed E-state index contributed by atoms with van der Waals surface area (Å²) in [6.07, 6.45) is 3.10. The van der Waals surface area contributed by atoms with Crippen LogP contribution in [0.3, 0.4) is 0 Å². The van der Waals surface area contributed by atoms with Crippen molar-refractivity contribution in [1.29, 1.82) is 0 Å². The number of benzene rings is 1. The van der Waals surface area contributed by atoms with E-state index in [1.807, 2.05) is 13.0 Å². The molecule has 4 heteroatoms. The van der Waals surface area contributed by atoms with E-state index in [1.54, 1.807) is 12.3 Å². The molecule has 1 aromatic carbocycles. The summed E-state index contributed by atoms with van der Waals surface area (Å²) < 4.78 is 4.70. The summed E-state index contributed by atoms with van der Waals surface area (Å²) in [6.45, 7) is 1.92. The van der Waals surface area contributed by atoms with Crippen molar-refractivity contribution >= 4 is 16.9 Å². The minimum absolute atomic E-state index is 0.373.